The Balaban J connectivity index is 1.57. The number of nitrogen functional groups attached to an aromatic ring is 1. The molecule has 3 aromatic rings. The zero-order valence-corrected chi connectivity index (χ0v) is 24.0. The number of benzene rings is 1. The zero-order valence-electron chi connectivity index (χ0n) is 23.1. The molecule has 1 aliphatic carbocycles. The number of primary amides is 1. The summed E-state index contributed by atoms with van der Waals surface area (Å²) < 4.78 is 31.9. The van der Waals surface area contributed by atoms with E-state index in [9.17, 15) is 24.4 Å². The van der Waals surface area contributed by atoms with Crippen LogP contribution in [0, 0.1) is 12.8 Å². The van der Waals surface area contributed by atoms with Gasteiger partial charge in [-0.3, -0.25) is 14.1 Å². The summed E-state index contributed by atoms with van der Waals surface area (Å²) in [5.74, 6) is -1.51. The van der Waals surface area contributed by atoms with Crippen molar-refractivity contribution in [2.45, 2.75) is 64.5 Å². The second kappa shape index (κ2) is 12.1. The number of fused-ring (bicyclic) bond motifs is 1. The van der Waals surface area contributed by atoms with Crippen LogP contribution >= 0.6 is 7.75 Å². The van der Waals surface area contributed by atoms with Gasteiger partial charge in [0.25, 0.3) is 5.91 Å². The molecule has 1 saturated carbocycles. The maximum absolute atomic E-state index is 13.8. The highest BCUT2D eigenvalue weighted by Crippen LogP contribution is 2.47. The van der Waals surface area contributed by atoms with Crippen molar-refractivity contribution in [3.63, 3.8) is 0 Å². The standard InChI is InChI=1S/C26H35N6O8P/c1-13(2)39-26(36)14(3)31-41(37,40-17-8-6-5-7-9-17)38-12-16-10-19(22(34)21(16)33)32-11-18(24(28)35)20-23(27)29-15(4)30-25(20)32/h5-9,11,13-14,16,19,21-22,33-34H,10,12H2,1-4H3,(H2,28,35)(H,31,37)(H2,27,29,30)/t14-,16+,19+,21+,22-,41?/m0/s1. The monoisotopic (exact) mass is 590 g/mol. The van der Waals surface area contributed by atoms with Gasteiger partial charge >= 0.3 is 13.7 Å². The van der Waals surface area contributed by atoms with Gasteiger partial charge in [-0.25, -0.2) is 14.5 Å². The SMILES string of the molecule is Cc1nc(N)c2c(C(N)=O)cn([C@@H]3C[C@H](COP(=O)(N[C@@H](C)C(=O)OC(C)C)Oc4ccccc4)[C@@H](O)[C@H]3O)c2n1. The van der Waals surface area contributed by atoms with Crippen molar-refractivity contribution in [2.24, 2.45) is 11.7 Å². The number of nitrogens with one attached hydrogen (secondary N) is 1. The molecule has 4 rings (SSSR count). The summed E-state index contributed by atoms with van der Waals surface area (Å²) in [6, 6.07) is 6.44. The molecule has 1 aliphatic rings. The molecule has 7 N–H and O–H groups in total. The van der Waals surface area contributed by atoms with Gasteiger partial charge in [-0.05, 0) is 46.2 Å². The molecule has 1 amide bonds. The number of amides is 1. The summed E-state index contributed by atoms with van der Waals surface area (Å²) in [6.07, 6.45) is -1.43. The van der Waals surface area contributed by atoms with Gasteiger partial charge < -0.3 is 35.5 Å². The topological polar surface area (TPSA) is 214 Å². The van der Waals surface area contributed by atoms with E-state index >= 15 is 0 Å². The molecule has 14 nitrogen and oxygen atoms in total. The smallest absolute Gasteiger partial charge is 0.459 e. The fraction of sp³-hybridized carbons (Fsp3) is 0.462. The molecule has 6 atom stereocenters. The fourth-order valence-electron chi connectivity index (χ4n) is 4.80. The number of aliphatic hydroxyl groups excluding tert-OH is 2. The summed E-state index contributed by atoms with van der Waals surface area (Å²) in [7, 11) is -4.20. The lowest BCUT2D eigenvalue weighted by atomic mass is 10.1. The van der Waals surface area contributed by atoms with Crippen molar-refractivity contribution in [3.8, 4) is 5.75 Å². The number of aliphatic hydroxyl groups is 2. The van der Waals surface area contributed by atoms with Crippen LogP contribution in [0.3, 0.4) is 0 Å². The Bertz CT molecular complexity index is 1470. The third kappa shape index (κ3) is 6.68. The van der Waals surface area contributed by atoms with E-state index in [1.165, 1.54) is 17.7 Å². The highest BCUT2D eigenvalue weighted by Gasteiger charge is 2.45. The number of nitrogens with two attached hydrogens (primary N) is 2. The van der Waals surface area contributed by atoms with Crippen LogP contribution in [0.25, 0.3) is 11.0 Å². The number of hydrogen-bond donors (Lipinski definition) is 5. The van der Waals surface area contributed by atoms with E-state index in [0.29, 0.717) is 5.82 Å². The van der Waals surface area contributed by atoms with Crippen molar-refractivity contribution in [3.05, 3.63) is 47.9 Å². The van der Waals surface area contributed by atoms with Crippen LogP contribution in [0.4, 0.5) is 5.82 Å². The van der Waals surface area contributed by atoms with Crippen LogP contribution in [-0.4, -0.2) is 67.6 Å². The molecule has 0 spiro atoms. The number of aryl methyl sites for hydroxylation is 1. The van der Waals surface area contributed by atoms with Gasteiger partial charge in [0.05, 0.1) is 35.8 Å². The summed E-state index contributed by atoms with van der Waals surface area (Å²) in [5.41, 5.74) is 12.0. The lowest BCUT2D eigenvalue weighted by molar-refractivity contribution is -0.149. The Morgan fingerprint density at radius 2 is 1.85 bits per heavy atom. The number of anilines is 1. The molecule has 41 heavy (non-hydrogen) atoms. The number of carbonyl (C=O) groups excluding carboxylic acids is 2. The predicted octanol–water partition coefficient (Wildman–Crippen LogP) is 1.84. The molecule has 0 radical (unpaired) electrons. The summed E-state index contributed by atoms with van der Waals surface area (Å²) >= 11 is 0. The Morgan fingerprint density at radius 3 is 2.49 bits per heavy atom. The van der Waals surface area contributed by atoms with Crippen LogP contribution in [0.1, 0.15) is 49.4 Å². The van der Waals surface area contributed by atoms with E-state index in [0.717, 1.165) is 0 Å². The average molecular weight is 591 g/mol. The molecule has 2 heterocycles. The second-order valence-electron chi connectivity index (χ2n) is 10.2. The number of esters is 1. The Labute approximate surface area is 236 Å². The van der Waals surface area contributed by atoms with Crippen LogP contribution in [0.5, 0.6) is 5.75 Å². The number of carbonyl (C=O) groups is 2. The van der Waals surface area contributed by atoms with Crippen molar-refractivity contribution in [1.82, 2.24) is 19.6 Å². The van der Waals surface area contributed by atoms with Crippen molar-refractivity contribution >= 4 is 36.5 Å². The molecule has 15 heteroatoms. The van der Waals surface area contributed by atoms with E-state index in [2.05, 4.69) is 15.1 Å². The number of hydrogen-bond acceptors (Lipinski definition) is 11. The summed E-state index contributed by atoms with van der Waals surface area (Å²) in [4.78, 5) is 33.0. The maximum atomic E-state index is 13.8. The molecule has 0 bridgehead atoms. The van der Waals surface area contributed by atoms with E-state index in [1.807, 2.05) is 0 Å². The molecule has 1 unspecified atom stereocenters. The van der Waals surface area contributed by atoms with Crippen LogP contribution < -0.4 is 21.1 Å². The molecule has 1 aromatic carbocycles. The van der Waals surface area contributed by atoms with Gasteiger partial charge in [-0.1, -0.05) is 18.2 Å². The minimum atomic E-state index is -4.20. The number of aromatic nitrogens is 3. The molecule has 0 aliphatic heterocycles. The third-order valence-electron chi connectivity index (χ3n) is 6.69. The number of para-hydroxylation sites is 1. The van der Waals surface area contributed by atoms with Gasteiger partial charge in [0.1, 0.15) is 35.2 Å². The highest BCUT2D eigenvalue weighted by atomic mass is 31.2. The molecule has 0 saturated heterocycles. The second-order valence-corrected chi connectivity index (χ2v) is 11.9. The van der Waals surface area contributed by atoms with E-state index in [-0.39, 0.29) is 41.2 Å². The van der Waals surface area contributed by atoms with Gasteiger partial charge in [-0.2, -0.15) is 5.09 Å². The van der Waals surface area contributed by atoms with Gasteiger partial charge in [0, 0.05) is 12.1 Å². The van der Waals surface area contributed by atoms with Crippen molar-refractivity contribution in [1.29, 1.82) is 0 Å². The van der Waals surface area contributed by atoms with Crippen molar-refractivity contribution < 1.29 is 38.2 Å². The minimum absolute atomic E-state index is 0.0585. The summed E-state index contributed by atoms with van der Waals surface area (Å²) in [6.45, 7) is 6.15. The third-order valence-corrected chi connectivity index (χ3v) is 8.33. The first-order valence-corrected chi connectivity index (χ1v) is 14.6. The molecule has 222 valence electrons. The zero-order chi connectivity index (χ0) is 30.1. The van der Waals surface area contributed by atoms with Crippen LogP contribution in [0.15, 0.2) is 36.5 Å². The van der Waals surface area contributed by atoms with Gasteiger partial charge in [-0.15, -0.1) is 0 Å². The Kier molecular flexibility index (Phi) is 9.00. The van der Waals surface area contributed by atoms with E-state index in [1.54, 1.807) is 51.1 Å². The Hall–Kier alpha value is -3.55. The predicted molar refractivity (Wildman–Crippen MR) is 149 cm³/mol. The van der Waals surface area contributed by atoms with Crippen LogP contribution in [0.2, 0.25) is 0 Å². The maximum Gasteiger partial charge on any atom is 0.459 e. The van der Waals surface area contributed by atoms with E-state index < -0.39 is 55.9 Å². The lowest BCUT2D eigenvalue weighted by Gasteiger charge is -2.25. The van der Waals surface area contributed by atoms with E-state index in [4.69, 9.17) is 25.3 Å². The highest BCUT2D eigenvalue weighted by molar-refractivity contribution is 7.52. The first-order valence-electron chi connectivity index (χ1n) is 13.1. The first kappa shape index (κ1) is 30.4. The molecular formula is C26H35N6O8P. The van der Waals surface area contributed by atoms with Gasteiger partial charge in [0.15, 0.2) is 0 Å². The first-order chi connectivity index (χ1) is 19.3. The lowest BCUT2D eigenvalue weighted by Crippen LogP contribution is -2.37. The quantitative estimate of drug-likeness (QED) is 0.160. The van der Waals surface area contributed by atoms with Gasteiger partial charge in [0.2, 0.25) is 0 Å². The molecule has 2 aromatic heterocycles. The number of ether oxygens (including phenoxy) is 1. The number of nitrogens with zero attached hydrogens (tertiary/aromatic N) is 3. The number of rotatable bonds is 11. The molecular weight excluding hydrogens is 555 g/mol. The fourth-order valence-corrected chi connectivity index (χ4v) is 6.34. The molecule has 1 fully saturated rings. The largest absolute Gasteiger partial charge is 0.462 e. The Morgan fingerprint density at radius 1 is 1.17 bits per heavy atom. The van der Waals surface area contributed by atoms with Crippen LogP contribution in [-0.2, 0) is 18.6 Å². The normalized spacial score (nSPS) is 22.9. The van der Waals surface area contributed by atoms with Crippen molar-refractivity contribution in [2.75, 3.05) is 12.3 Å². The average Bonchev–Trinajstić information content (AvgIpc) is 3.40. The minimum Gasteiger partial charge on any atom is -0.462 e. The summed E-state index contributed by atoms with van der Waals surface area (Å²) in [5, 5.41) is 24.8.